The predicted molar refractivity (Wildman–Crippen MR) is 131 cm³/mol. The highest BCUT2D eigenvalue weighted by Crippen LogP contribution is 2.30. The lowest BCUT2D eigenvalue weighted by atomic mass is 10.2. The van der Waals surface area contributed by atoms with Gasteiger partial charge in [-0.3, -0.25) is 0 Å². The maximum atomic E-state index is 11.8. The zero-order valence-electron chi connectivity index (χ0n) is 16.9. The predicted octanol–water partition coefficient (Wildman–Crippen LogP) is 6.95. The highest BCUT2D eigenvalue weighted by molar-refractivity contribution is 9.10. The Balaban J connectivity index is 1.43. The van der Waals surface area contributed by atoms with E-state index in [1.54, 1.807) is 48.5 Å². The summed E-state index contributed by atoms with van der Waals surface area (Å²) in [6, 6.07) is 21.9. The summed E-state index contributed by atoms with van der Waals surface area (Å²) >= 11 is 10.2. The highest BCUT2D eigenvalue weighted by atomic mass is 79.9. The topological polar surface area (TPSA) is 85.5 Å². The summed E-state index contributed by atoms with van der Waals surface area (Å²) in [7, 11) is 0. The van der Waals surface area contributed by atoms with Gasteiger partial charge < -0.3 is 14.3 Å². The van der Waals surface area contributed by atoms with E-state index in [1.165, 1.54) is 6.08 Å². The van der Waals surface area contributed by atoms with Crippen LogP contribution < -0.4 is 4.74 Å². The van der Waals surface area contributed by atoms with Crippen LogP contribution in [0.4, 0.5) is 0 Å². The van der Waals surface area contributed by atoms with Gasteiger partial charge in [-0.15, -0.1) is 10.2 Å². The number of nitrogens with zero attached hydrogens (tertiary/aromatic N) is 2. The van der Waals surface area contributed by atoms with Crippen molar-refractivity contribution in [1.82, 2.24) is 10.2 Å². The number of aliphatic carboxylic acids is 1. The summed E-state index contributed by atoms with van der Waals surface area (Å²) in [4.78, 5) is 11.8. The van der Waals surface area contributed by atoms with Gasteiger partial charge in [-0.1, -0.05) is 51.8 Å². The summed E-state index contributed by atoms with van der Waals surface area (Å²) < 4.78 is 12.4. The van der Waals surface area contributed by atoms with Crippen LogP contribution in [0, 0.1) is 0 Å². The molecule has 0 aliphatic rings. The smallest absolute Gasteiger partial charge is 0.342 e. The Morgan fingerprint density at radius 3 is 2.39 bits per heavy atom. The summed E-state index contributed by atoms with van der Waals surface area (Å²) in [6.07, 6.45) is 1.54. The van der Waals surface area contributed by atoms with E-state index < -0.39 is 5.97 Å². The Labute approximate surface area is 207 Å². The molecule has 0 saturated heterocycles. The fraction of sp³-hybridized carbons (Fsp3) is 0.0417. The SMILES string of the molecule is O=C(O)/C(=C/c1ccc(OCc2ccc(Br)cc2)cc1)Sc1nnc(-c2ccc(Cl)cc2)o1. The third-order valence-electron chi connectivity index (χ3n) is 4.40. The van der Waals surface area contributed by atoms with Crippen molar-refractivity contribution < 1.29 is 19.1 Å². The number of rotatable bonds is 8. The first kappa shape index (κ1) is 23.1. The van der Waals surface area contributed by atoms with Crippen LogP contribution in [-0.4, -0.2) is 21.3 Å². The number of benzene rings is 3. The van der Waals surface area contributed by atoms with Crippen molar-refractivity contribution in [3.05, 3.63) is 98.3 Å². The van der Waals surface area contributed by atoms with Gasteiger partial charge in [-0.2, -0.15) is 0 Å². The van der Waals surface area contributed by atoms with Gasteiger partial charge in [0.15, 0.2) is 0 Å². The van der Waals surface area contributed by atoms with Crippen molar-refractivity contribution in [3.8, 4) is 17.2 Å². The fourth-order valence-corrected chi connectivity index (χ4v) is 3.81. The van der Waals surface area contributed by atoms with E-state index in [4.69, 9.17) is 20.8 Å². The number of thioether (sulfide) groups is 1. The quantitative estimate of drug-likeness (QED) is 0.190. The number of carbonyl (C=O) groups is 1. The molecule has 4 aromatic rings. The molecule has 6 nitrogen and oxygen atoms in total. The number of aromatic nitrogens is 2. The molecule has 4 rings (SSSR count). The Bertz CT molecular complexity index is 1270. The second kappa shape index (κ2) is 10.7. The Kier molecular flexibility index (Phi) is 7.49. The first-order chi connectivity index (χ1) is 16.0. The maximum Gasteiger partial charge on any atom is 0.342 e. The van der Waals surface area contributed by atoms with Gasteiger partial charge >= 0.3 is 5.97 Å². The van der Waals surface area contributed by atoms with Crippen molar-refractivity contribution in [3.63, 3.8) is 0 Å². The summed E-state index contributed by atoms with van der Waals surface area (Å²) in [5, 5.41) is 18.2. The fourth-order valence-electron chi connectivity index (χ4n) is 2.75. The lowest BCUT2D eigenvalue weighted by Crippen LogP contribution is -1.97. The van der Waals surface area contributed by atoms with Crippen molar-refractivity contribution >= 4 is 51.3 Å². The van der Waals surface area contributed by atoms with Crippen LogP contribution in [0.5, 0.6) is 5.75 Å². The normalized spacial score (nSPS) is 11.4. The zero-order chi connectivity index (χ0) is 23.2. The first-order valence-electron chi connectivity index (χ1n) is 9.66. The molecular formula is C24H16BrClN2O4S. The molecule has 0 atom stereocenters. The van der Waals surface area contributed by atoms with Crippen LogP contribution in [0.3, 0.4) is 0 Å². The van der Waals surface area contributed by atoms with Crippen molar-refractivity contribution in [2.75, 3.05) is 0 Å². The van der Waals surface area contributed by atoms with Crippen molar-refractivity contribution in [2.24, 2.45) is 0 Å². The van der Waals surface area contributed by atoms with E-state index in [1.807, 2.05) is 24.3 Å². The van der Waals surface area contributed by atoms with Gasteiger partial charge in [0.25, 0.3) is 5.22 Å². The molecule has 0 amide bonds. The summed E-state index contributed by atoms with van der Waals surface area (Å²) in [5.74, 6) is -0.128. The summed E-state index contributed by atoms with van der Waals surface area (Å²) in [5.41, 5.74) is 2.44. The van der Waals surface area contributed by atoms with E-state index in [-0.39, 0.29) is 16.0 Å². The van der Waals surface area contributed by atoms with Crippen LogP contribution in [0.15, 0.2) is 91.8 Å². The van der Waals surface area contributed by atoms with Crippen LogP contribution in [0.2, 0.25) is 5.02 Å². The molecule has 9 heteroatoms. The van der Waals surface area contributed by atoms with E-state index in [2.05, 4.69) is 26.1 Å². The molecule has 0 saturated carbocycles. The minimum atomic E-state index is -1.10. The van der Waals surface area contributed by atoms with E-state index in [9.17, 15) is 9.90 Å². The van der Waals surface area contributed by atoms with E-state index >= 15 is 0 Å². The molecule has 0 spiro atoms. The molecule has 166 valence electrons. The average molecular weight is 544 g/mol. The molecular weight excluding hydrogens is 528 g/mol. The largest absolute Gasteiger partial charge is 0.489 e. The van der Waals surface area contributed by atoms with Gasteiger partial charge in [0.2, 0.25) is 5.89 Å². The molecule has 1 aromatic heterocycles. The average Bonchev–Trinajstić information content (AvgIpc) is 3.28. The van der Waals surface area contributed by atoms with Crippen molar-refractivity contribution in [1.29, 1.82) is 0 Å². The maximum absolute atomic E-state index is 11.8. The second-order valence-electron chi connectivity index (χ2n) is 6.78. The third-order valence-corrected chi connectivity index (χ3v) is 6.03. The summed E-state index contributed by atoms with van der Waals surface area (Å²) in [6.45, 7) is 0.436. The molecule has 0 fully saturated rings. The third kappa shape index (κ3) is 6.47. The number of ether oxygens (including phenoxy) is 1. The molecule has 33 heavy (non-hydrogen) atoms. The number of hydrogen-bond donors (Lipinski definition) is 1. The van der Waals surface area contributed by atoms with Gasteiger partial charge in [0.1, 0.15) is 17.3 Å². The number of hydrogen-bond acceptors (Lipinski definition) is 6. The minimum absolute atomic E-state index is 0.0461. The molecule has 1 N–H and O–H groups in total. The molecule has 0 aliphatic carbocycles. The molecule has 0 bridgehead atoms. The first-order valence-corrected chi connectivity index (χ1v) is 11.6. The van der Waals surface area contributed by atoms with Crippen LogP contribution in [0.25, 0.3) is 17.5 Å². The molecule has 0 radical (unpaired) electrons. The minimum Gasteiger partial charge on any atom is -0.489 e. The highest BCUT2D eigenvalue weighted by Gasteiger charge is 2.16. The lowest BCUT2D eigenvalue weighted by molar-refractivity contribution is -0.131. The van der Waals surface area contributed by atoms with E-state index in [0.29, 0.717) is 28.5 Å². The molecule has 0 unspecified atom stereocenters. The van der Waals surface area contributed by atoms with Gasteiger partial charge in [-0.25, -0.2) is 4.79 Å². The lowest BCUT2D eigenvalue weighted by Gasteiger charge is -2.07. The number of halogens is 2. The molecule has 0 aliphatic heterocycles. The van der Waals surface area contributed by atoms with Gasteiger partial charge in [0.05, 0.1) is 0 Å². The zero-order valence-corrected chi connectivity index (χ0v) is 20.1. The second-order valence-corrected chi connectivity index (χ2v) is 9.13. The number of carboxylic acid groups (broad SMARTS) is 1. The Morgan fingerprint density at radius 2 is 1.73 bits per heavy atom. The Morgan fingerprint density at radius 1 is 1.03 bits per heavy atom. The van der Waals surface area contributed by atoms with E-state index in [0.717, 1.165) is 21.8 Å². The Hall–Kier alpha value is -3.07. The molecule has 1 heterocycles. The monoisotopic (exact) mass is 542 g/mol. The van der Waals surface area contributed by atoms with Crippen LogP contribution in [0.1, 0.15) is 11.1 Å². The van der Waals surface area contributed by atoms with Crippen LogP contribution >= 0.6 is 39.3 Å². The van der Waals surface area contributed by atoms with Crippen LogP contribution in [-0.2, 0) is 11.4 Å². The number of carboxylic acids is 1. The van der Waals surface area contributed by atoms with Gasteiger partial charge in [0, 0.05) is 15.1 Å². The molecule has 3 aromatic carbocycles. The van der Waals surface area contributed by atoms with Crippen molar-refractivity contribution in [2.45, 2.75) is 11.8 Å². The standard InChI is InChI=1S/C24H16BrClN2O4S/c25-18-7-1-16(2-8-18)14-31-20-11-3-15(4-12-20)13-21(23(29)30)33-24-28-27-22(32-24)17-5-9-19(26)10-6-17/h1-13H,14H2,(H,29,30)/b21-13-. The van der Waals surface area contributed by atoms with Gasteiger partial charge in [-0.05, 0) is 77.5 Å².